The number of hydrogen-bond donors (Lipinski definition) is 1. The number of ketones is 1. The van der Waals surface area contributed by atoms with Crippen LogP contribution < -0.4 is 5.73 Å². The number of carbonyl (C=O) groups excluding carboxylic acids is 1. The normalized spacial score (nSPS) is 28.6. The maximum absolute atomic E-state index is 11.7. The van der Waals surface area contributed by atoms with E-state index in [0.717, 1.165) is 24.8 Å². The van der Waals surface area contributed by atoms with E-state index >= 15 is 0 Å². The summed E-state index contributed by atoms with van der Waals surface area (Å²) < 4.78 is 0. The van der Waals surface area contributed by atoms with Gasteiger partial charge in [0.15, 0.2) is 5.78 Å². The van der Waals surface area contributed by atoms with Crippen LogP contribution in [-0.2, 0) is 4.79 Å². The summed E-state index contributed by atoms with van der Waals surface area (Å²) in [4.78, 5) is 11.7. The second kappa shape index (κ2) is 4.38. The van der Waals surface area contributed by atoms with Gasteiger partial charge >= 0.3 is 0 Å². The minimum absolute atomic E-state index is 0.122. The molecule has 0 aromatic carbocycles. The quantitative estimate of drug-likeness (QED) is 0.694. The van der Waals surface area contributed by atoms with Gasteiger partial charge in [-0.1, -0.05) is 37.8 Å². The Balaban J connectivity index is 3.00. The predicted octanol–water partition coefficient (Wildman–Crippen LogP) is 2.13. The molecule has 0 aromatic heterocycles. The van der Waals surface area contributed by atoms with Gasteiger partial charge in [-0.05, 0) is 18.4 Å². The van der Waals surface area contributed by atoms with Crippen molar-refractivity contribution in [2.45, 2.75) is 31.2 Å². The maximum Gasteiger partial charge on any atom is 0.157 e. The number of hydrogen-bond acceptors (Lipinski definition) is 2. The highest BCUT2D eigenvalue weighted by Crippen LogP contribution is 2.29. The standard InChI is InChI=1S/C12H17NO/c1-3-7-10(4-2)12(13)9-6-5-8-11(12)14/h3-4,7H,1-2,5-6,8-9,13H2/b10-7+. The molecule has 1 unspecified atom stereocenters. The molecule has 1 aliphatic rings. The number of rotatable bonds is 3. The van der Waals surface area contributed by atoms with E-state index < -0.39 is 5.54 Å². The molecule has 2 nitrogen and oxygen atoms in total. The topological polar surface area (TPSA) is 43.1 Å². The van der Waals surface area contributed by atoms with Crippen LogP contribution in [0, 0.1) is 0 Å². The van der Waals surface area contributed by atoms with E-state index in [9.17, 15) is 4.79 Å². The molecule has 0 radical (unpaired) electrons. The third-order valence-corrected chi connectivity index (χ3v) is 2.75. The van der Waals surface area contributed by atoms with Crippen LogP contribution in [0.4, 0.5) is 0 Å². The summed E-state index contributed by atoms with van der Waals surface area (Å²) in [6.07, 6.45) is 8.34. The van der Waals surface area contributed by atoms with Crippen molar-refractivity contribution in [1.82, 2.24) is 0 Å². The number of carbonyl (C=O) groups is 1. The van der Waals surface area contributed by atoms with Gasteiger partial charge in [-0.2, -0.15) is 0 Å². The molecule has 1 rings (SSSR count). The van der Waals surface area contributed by atoms with Gasteiger partial charge in [0.1, 0.15) is 5.54 Å². The Hall–Kier alpha value is -1.15. The molecule has 0 saturated heterocycles. The largest absolute Gasteiger partial charge is 0.315 e. The molecule has 0 spiro atoms. The van der Waals surface area contributed by atoms with Crippen molar-refractivity contribution in [3.05, 3.63) is 37.0 Å². The zero-order valence-electron chi connectivity index (χ0n) is 8.46. The fraction of sp³-hybridized carbons (Fsp3) is 0.417. The van der Waals surface area contributed by atoms with Crippen molar-refractivity contribution in [2.24, 2.45) is 5.73 Å². The highest BCUT2D eigenvalue weighted by Gasteiger charge is 2.37. The van der Waals surface area contributed by atoms with Crippen LogP contribution in [0.1, 0.15) is 25.7 Å². The lowest BCUT2D eigenvalue weighted by atomic mass is 9.76. The fourth-order valence-corrected chi connectivity index (χ4v) is 1.88. The molecule has 2 heteroatoms. The van der Waals surface area contributed by atoms with Crippen LogP contribution in [0.3, 0.4) is 0 Å². The summed E-state index contributed by atoms with van der Waals surface area (Å²) >= 11 is 0. The van der Waals surface area contributed by atoms with Gasteiger partial charge in [0.2, 0.25) is 0 Å². The van der Waals surface area contributed by atoms with Gasteiger partial charge in [0, 0.05) is 6.42 Å². The third kappa shape index (κ3) is 1.85. The lowest BCUT2D eigenvalue weighted by molar-refractivity contribution is -0.124. The highest BCUT2D eigenvalue weighted by molar-refractivity contribution is 5.93. The van der Waals surface area contributed by atoms with E-state index in [1.807, 2.05) is 0 Å². The minimum Gasteiger partial charge on any atom is -0.315 e. The molecule has 0 heterocycles. The molecule has 2 N–H and O–H groups in total. The Labute approximate surface area is 85.2 Å². The Morgan fingerprint density at radius 1 is 1.43 bits per heavy atom. The summed E-state index contributed by atoms with van der Waals surface area (Å²) in [5.41, 5.74) is 6.08. The summed E-state index contributed by atoms with van der Waals surface area (Å²) in [5, 5.41) is 0. The van der Waals surface area contributed by atoms with Crippen LogP contribution in [0.25, 0.3) is 0 Å². The van der Waals surface area contributed by atoms with Crippen molar-refractivity contribution in [2.75, 3.05) is 0 Å². The molecule has 1 saturated carbocycles. The Morgan fingerprint density at radius 3 is 2.64 bits per heavy atom. The van der Waals surface area contributed by atoms with Gasteiger partial charge in [-0.3, -0.25) is 4.79 Å². The second-order valence-electron chi connectivity index (χ2n) is 3.66. The van der Waals surface area contributed by atoms with Gasteiger partial charge in [0.05, 0.1) is 0 Å². The molecule has 14 heavy (non-hydrogen) atoms. The summed E-state index contributed by atoms with van der Waals surface area (Å²) in [6, 6.07) is 0. The molecular weight excluding hydrogens is 174 g/mol. The van der Waals surface area contributed by atoms with Crippen molar-refractivity contribution >= 4 is 5.78 Å². The number of nitrogens with two attached hydrogens (primary N) is 1. The first-order valence-electron chi connectivity index (χ1n) is 4.93. The fourth-order valence-electron chi connectivity index (χ4n) is 1.88. The third-order valence-electron chi connectivity index (χ3n) is 2.75. The Morgan fingerprint density at radius 2 is 2.14 bits per heavy atom. The lowest BCUT2D eigenvalue weighted by Gasteiger charge is -2.32. The molecule has 1 atom stereocenters. The molecule has 0 aliphatic heterocycles. The SMILES string of the molecule is C=C/C=C(\C=C)C1(N)CCCCC1=O. The van der Waals surface area contributed by atoms with Crippen molar-refractivity contribution in [3.8, 4) is 0 Å². The average Bonchev–Trinajstić information content (AvgIpc) is 2.19. The summed E-state index contributed by atoms with van der Waals surface area (Å²) in [5.74, 6) is 0.122. The lowest BCUT2D eigenvalue weighted by Crippen LogP contribution is -2.51. The maximum atomic E-state index is 11.7. The van der Waals surface area contributed by atoms with Crippen LogP contribution in [0.15, 0.2) is 37.0 Å². The smallest absolute Gasteiger partial charge is 0.157 e. The highest BCUT2D eigenvalue weighted by atomic mass is 16.1. The monoisotopic (exact) mass is 191 g/mol. The summed E-state index contributed by atoms with van der Waals surface area (Å²) in [7, 11) is 0. The van der Waals surface area contributed by atoms with Crippen molar-refractivity contribution in [3.63, 3.8) is 0 Å². The van der Waals surface area contributed by atoms with Crippen molar-refractivity contribution in [1.29, 1.82) is 0 Å². The minimum atomic E-state index is -0.811. The molecule has 1 aliphatic carbocycles. The van der Waals surface area contributed by atoms with Gasteiger partial charge in [-0.25, -0.2) is 0 Å². The summed E-state index contributed by atoms with van der Waals surface area (Å²) in [6.45, 7) is 7.29. The Kier molecular flexibility index (Phi) is 3.42. The molecule has 76 valence electrons. The second-order valence-corrected chi connectivity index (χ2v) is 3.66. The van der Waals surface area contributed by atoms with E-state index in [0.29, 0.717) is 6.42 Å². The zero-order valence-corrected chi connectivity index (χ0v) is 8.46. The van der Waals surface area contributed by atoms with E-state index in [1.54, 1.807) is 18.2 Å². The van der Waals surface area contributed by atoms with E-state index in [1.165, 1.54) is 0 Å². The van der Waals surface area contributed by atoms with Crippen LogP contribution in [0.2, 0.25) is 0 Å². The molecule has 1 fully saturated rings. The van der Waals surface area contributed by atoms with E-state index in [-0.39, 0.29) is 5.78 Å². The Bertz CT molecular complexity index is 291. The van der Waals surface area contributed by atoms with Gasteiger partial charge in [0.25, 0.3) is 0 Å². The van der Waals surface area contributed by atoms with Crippen LogP contribution in [0.5, 0.6) is 0 Å². The van der Waals surface area contributed by atoms with Gasteiger partial charge < -0.3 is 5.73 Å². The number of Topliss-reactive ketones (excluding diaryl/α,β-unsaturated/α-hetero) is 1. The number of allylic oxidation sites excluding steroid dienone is 2. The predicted molar refractivity (Wildman–Crippen MR) is 58.9 cm³/mol. The van der Waals surface area contributed by atoms with Crippen molar-refractivity contribution < 1.29 is 4.79 Å². The molecule has 0 amide bonds. The first-order chi connectivity index (χ1) is 6.65. The van der Waals surface area contributed by atoms with Crippen LogP contribution in [-0.4, -0.2) is 11.3 Å². The molecule has 0 bridgehead atoms. The molecular formula is C12H17NO. The molecule has 0 aromatic rings. The van der Waals surface area contributed by atoms with Gasteiger partial charge in [-0.15, -0.1) is 0 Å². The van der Waals surface area contributed by atoms with E-state index in [2.05, 4.69) is 13.2 Å². The first kappa shape index (κ1) is 10.9. The average molecular weight is 191 g/mol. The first-order valence-corrected chi connectivity index (χ1v) is 4.93. The van der Waals surface area contributed by atoms with E-state index in [4.69, 9.17) is 5.73 Å². The van der Waals surface area contributed by atoms with Crippen LogP contribution >= 0.6 is 0 Å². The zero-order chi connectivity index (χ0) is 10.6.